The molecule has 2 N–H and O–H groups in total. The Morgan fingerprint density at radius 3 is 3.00 bits per heavy atom. The van der Waals surface area contributed by atoms with Gasteiger partial charge in [-0.2, -0.15) is 0 Å². The molecule has 0 aliphatic heterocycles. The van der Waals surface area contributed by atoms with Crippen LogP contribution in [0.4, 0.5) is 5.82 Å². The largest absolute Gasteiger partial charge is 0.369 e. The molecule has 114 valence electrons. The van der Waals surface area contributed by atoms with Crippen molar-refractivity contribution < 1.29 is 0 Å². The van der Waals surface area contributed by atoms with Gasteiger partial charge in [0.2, 0.25) is 0 Å². The number of anilines is 1. The van der Waals surface area contributed by atoms with Crippen molar-refractivity contribution in [2.45, 2.75) is 13.3 Å². The fourth-order valence-electron chi connectivity index (χ4n) is 2.62. The van der Waals surface area contributed by atoms with Crippen molar-refractivity contribution in [1.82, 2.24) is 24.9 Å². The molecule has 0 aliphatic carbocycles. The molecule has 6 nitrogen and oxygen atoms in total. The minimum Gasteiger partial charge on any atom is -0.369 e. The SMILES string of the molecule is CCCNc1nc(-c2c[nH]c3ncccc23)nc2cnccc12. The van der Waals surface area contributed by atoms with Crippen LogP contribution in [0, 0.1) is 0 Å². The van der Waals surface area contributed by atoms with Crippen LogP contribution in [0.5, 0.6) is 0 Å². The highest BCUT2D eigenvalue weighted by Crippen LogP contribution is 2.28. The Labute approximate surface area is 133 Å². The zero-order chi connectivity index (χ0) is 15.6. The zero-order valence-electron chi connectivity index (χ0n) is 12.7. The van der Waals surface area contributed by atoms with Crippen LogP contribution in [0.2, 0.25) is 0 Å². The number of H-pyrrole nitrogens is 1. The monoisotopic (exact) mass is 304 g/mol. The van der Waals surface area contributed by atoms with Gasteiger partial charge in [0.25, 0.3) is 0 Å². The van der Waals surface area contributed by atoms with Gasteiger partial charge in [0.15, 0.2) is 5.82 Å². The maximum Gasteiger partial charge on any atom is 0.164 e. The molecule has 0 aliphatic rings. The molecule has 0 radical (unpaired) electrons. The number of aromatic nitrogens is 5. The second-order valence-electron chi connectivity index (χ2n) is 5.32. The number of fused-ring (bicyclic) bond motifs is 2. The highest BCUT2D eigenvalue weighted by atomic mass is 15.0. The van der Waals surface area contributed by atoms with E-state index < -0.39 is 0 Å². The number of rotatable bonds is 4. The van der Waals surface area contributed by atoms with Gasteiger partial charge < -0.3 is 10.3 Å². The number of nitrogens with one attached hydrogen (secondary N) is 2. The Balaban J connectivity index is 1.93. The van der Waals surface area contributed by atoms with Crippen LogP contribution >= 0.6 is 0 Å². The summed E-state index contributed by atoms with van der Waals surface area (Å²) in [6.07, 6.45) is 8.23. The van der Waals surface area contributed by atoms with E-state index in [0.717, 1.165) is 46.3 Å². The van der Waals surface area contributed by atoms with Gasteiger partial charge in [-0.3, -0.25) is 4.98 Å². The summed E-state index contributed by atoms with van der Waals surface area (Å²) in [4.78, 5) is 21.1. The lowest BCUT2D eigenvalue weighted by Crippen LogP contribution is -2.04. The summed E-state index contributed by atoms with van der Waals surface area (Å²) in [5.74, 6) is 1.51. The molecule has 0 atom stereocenters. The van der Waals surface area contributed by atoms with Crippen molar-refractivity contribution in [2.24, 2.45) is 0 Å². The molecule has 0 saturated carbocycles. The topological polar surface area (TPSA) is 79.4 Å². The van der Waals surface area contributed by atoms with Crippen LogP contribution in [0.3, 0.4) is 0 Å². The van der Waals surface area contributed by atoms with Gasteiger partial charge in [-0.05, 0) is 24.6 Å². The maximum absolute atomic E-state index is 4.73. The van der Waals surface area contributed by atoms with Crippen molar-refractivity contribution >= 4 is 27.8 Å². The van der Waals surface area contributed by atoms with Crippen molar-refractivity contribution in [1.29, 1.82) is 0 Å². The standard InChI is InChI=1S/C17H16N6/c1-2-6-19-16-12-5-8-18-10-14(12)22-17(23-16)13-9-21-15-11(13)4-3-7-20-15/h3-5,7-10H,2,6H2,1H3,(H,20,21)(H,19,22,23). The van der Waals surface area contributed by atoms with Crippen LogP contribution in [0.1, 0.15) is 13.3 Å². The average molecular weight is 304 g/mol. The van der Waals surface area contributed by atoms with Gasteiger partial charge in [0, 0.05) is 41.5 Å². The molecule has 0 aromatic carbocycles. The fraction of sp³-hybridized carbons (Fsp3) is 0.176. The van der Waals surface area contributed by atoms with Crippen molar-refractivity contribution in [3.63, 3.8) is 0 Å². The van der Waals surface area contributed by atoms with Crippen LogP contribution in [0.15, 0.2) is 43.0 Å². The molecule has 4 aromatic rings. The Kier molecular flexibility index (Phi) is 3.34. The molecule has 0 spiro atoms. The van der Waals surface area contributed by atoms with E-state index in [1.165, 1.54) is 0 Å². The van der Waals surface area contributed by atoms with Gasteiger partial charge in [-0.1, -0.05) is 6.92 Å². The molecule has 6 heteroatoms. The molecule has 0 unspecified atom stereocenters. The molecule has 0 fully saturated rings. The minimum absolute atomic E-state index is 0.670. The van der Waals surface area contributed by atoms with Gasteiger partial charge in [-0.25, -0.2) is 15.0 Å². The van der Waals surface area contributed by atoms with Crippen LogP contribution in [-0.4, -0.2) is 31.5 Å². The lowest BCUT2D eigenvalue weighted by atomic mass is 10.2. The smallest absolute Gasteiger partial charge is 0.164 e. The first-order valence-electron chi connectivity index (χ1n) is 7.65. The third kappa shape index (κ3) is 2.38. The number of hydrogen-bond donors (Lipinski definition) is 2. The van der Waals surface area contributed by atoms with E-state index in [0.29, 0.717) is 5.82 Å². The zero-order valence-corrected chi connectivity index (χ0v) is 12.7. The minimum atomic E-state index is 0.670. The Bertz CT molecular complexity index is 975. The van der Waals surface area contributed by atoms with E-state index >= 15 is 0 Å². The van der Waals surface area contributed by atoms with Crippen molar-refractivity contribution in [3.05, 3.63) is 43.0 Å². The quantitative estimate of drug-likeness (QED) is 0.604. The first-order valence-corrected chi connectivity index (χ1v) is 7.65. The predicted octanol–water partition coefficient (Wildman–Crippen LogP) is 3.39. The normalized spacial score (nSPS) is 11.2. The highest BCUT2D eigenvalue weighted by Gasteiger charge is 2.13. The fourth-order valence-corrected chi connectivity index (χ4v) is 2.62. The summed E-state index contributed by atoms with van der Waals surface area (Å²) in [5, 5.41) is 5.38. The van der Waals surface area contributed by atoms with Crippen molar-refractivity contribution in [2.75, 3.05) is 11.9 Å². The molecular weight excluding hydrogens is 288 g/mol. The number of aromatic amines is 1. The first-order chi connectivity index (χ1) is 11.4. The molecule has 0 bridgehead atoms. The number of pyridine rings is 2. The summed E-state index contributed by atoms with van der Waals surface area (Å²) < 4.78 is 0. The van der Waals surface area contributed by atoms with Gasteiger partial charge in [0.1, 0.15) is 11.5 Å². The predicted molar refractivity (Wildman–Crippen MR) is 91.2 cm³/mol. The molecular formula is C17H16N6. The molecule has 4 rings (SSSR count). The van der Waals surface area contributed by atoms with Crippen LogP contribution in [0.25, 0.3) is 33.3 Å². The van der Waals surface area contributed by atoms with Crippen LogP contribution < -0.4 is 5.32 Å². The summed E-state index contributed by atoms with van der Waals surface area (Å²) in [6, 6.07) is 5.87. The van der Waals surface area contributed by atoms with Gasteiger partial charge >= 0.3 is 0 Å². The number of nitrogens with zero attached hydrogens (tertiary/aromatic N) is 4. The Morgan fingerprint density at radius 1 is 1.13 bits per heavy atom. The van der Waals surface area contributed by atoms with Crippen LogP contribution in [-0.2, 0) is 0 Å². The molecule has 0 amide bonds. The van der Waals surface area contributed by atoms with E-state index in [1.54, 1.807) is 18.6 Å². The lowest BCUT2D eigenvalue weighted by molar-refractivity contribution is 0.970. The summed E-state index contributed by atoms with van der Waals surface area (Å²) in [5.41, 5.74) is 2.60. The third-order valence-corrected chi connectivity index (χ3v) is 3.73. The van der Waals surface area contributed by atoms with Gasteiger partial charge in [0.05, 0.1) is 11.7 Å². The summed E-state index contributed by atoms with van der Waals surface area (Å²) >= 11 is 0. The Hall–Kier alpha value is -3.02. The van der Waals surface area contributed by atoms with E-state index in [-0.39, 0.29) is 0 Å². The lowest BCUT2D eigenvalue weighted by Gasteiger charge is -2.09. The second kappa shape index (κ2) is 5.64. The van der Waals surface area contributed by atoms with E-state index in [1.807, 2.05) is 24.4 Å². The summed E-state index contributed by atoms with van der Waals surface area (Å²) in [6.45, 7) is 2.99. The number of hydrogen-bond acceptors (Lipinski definition) is 5. The van der Waals surface area contributed by atoms with E-state index in [2.05, 4.69) is 32.2 Å². The van der Waals surface area contributed by atoms with E-state index in [9.17, 15) is 0 Å². The first kappa shape index (κ1) is 13.6. The average Bonchev–Trinajstić information content (AvgIpc) is 3.03. The van der Waals surface area contributed by atoms with Crippen molar-refractivity contribution in [3.8, 4) is 11.4 Å². The molecule has 4 aromatic heterocycles. The third-order valence-electron chi connectivity index (χ3n) is 3.73. The highest BCUT2D eigenvalue weighted by molar-refractivity contribution is 5.95. The maximum atomic E-state index is 4.73. The Morgan fingerprint density at radius 2 is 2.09 bits per heavy atom. The molecule has 4 heterocycles. The second-order valence-corrected chi connectivity index (χ2v) is 5.32. The summed E-state index contributed by atoms with van der Waals surface area (Å²) in [7, 11) is 0. The van der Waals surface area contributed by atoms with Gasteiger partial charge in [-0.15, -0.1) is 0 Å². The van der Waals surface area contributed by atoms with E-state index in [4.69, 9.17) is 4.98 Å². The molecule has 0 saturated heterocycles. The molecule has 23 heavy (non-hydrogen) atoms.